The quantitative estimate of drug-likeness (QED) is 0.775. The zero-order valence-corrected chi connectivity index (χ0v) is 11.6. The molecular formula is C14H20N2O4. The summed E-state index contributed by atoms with van der Waals surface area (Å²) in [6.07, 6.45) is 1.71. The largest absolute Gasteiger partial charge is 0.497 e. The number of ether oxygens (including phenoxy) is 3. The Morgan fingerprint density at radius 3 is 2.75 bits per heavy atom. The van der Waals surface area contributed by atoms with E-state index in [1.807, 2.05) is 24.3 Å². The van der Waals surface area contributed by atoms with Gasteiger partial charge in [-0.1, -0.05) is 0 Å². The van der Waals surface area contributed by atoms with Gasteiger partial charge in [0.2, 0.25) is 0 Å². The van der Waals surface area contributed by atoms with Crippen molar-refractivity contribution in [3.63, 3.8) is 0 Å². The fraction of sp³-hybridized carbons (Fsp3) is 0.500. The van der Waals surface area contributed by atoms with Crippen molar-refractivity contribution >= 4 is 6.03 Å². The van der Waals surface area contributed by atoms with Gasteiger partial charge in [-0.15, -0.1) is 0 Å². The average molecular weight is 280 g/mol. The van der Waals surface area contributed by atoms with Gasteiger partial charge in [-0.25, -0.2) is 4.79 Å². The molecule has 1 aromatic carbocycles. The van der Waals surface area contributed by atoms with Crippen LogP contribution in [0.15, 0.2) is 24.3 Å². The Bertz CT molecular complexity index is 416. The molecule has 2 amide bonds. The van der Waals surface area contributed by atoms with Gasteiger partial charge in [-0.2, -0.15) is 0 Å². The van der Waals surface area contributed by atoms with Crippen LogP contribution in [0, 0.1) is 0 Å². The Hall–Kier alpha value is -1.95. The normalized spacial score (nSPS) is 17.6. The summed E-state index contributed by atoms with van der Waals surface area (Å²) in [5, 5.41) is 5.47. The molecule has 0 bridgehead atoms. The van der Waals surface area contributed by atoms with E-state index in [0.717, 1.165) is 24.3 Å². The topological polar surface area (TPSA) is 68.8 Å². The van der Waals surface area contributed by atoms with E-state index in [4.69, 9.17) is 14.2 Å². The van der Waals surface area contributed by atoms with Gasteiger partial charge >= 0.3 is 6.03 Å². The lowest BCUT2D eigenvalue weighted by Crippen LogP contribution is -2.43. The van der Waals surface area contributed by atoms with Gasteiger partial charge in [0.15, 0.2) is 0 Å². The van der Waals surface area contributed by atoms with Crippen LogP contribution in [0.2, 0.25) is 0 Å². The molecule has 1 heterocycles. The molecule has 110 valence electrons. The lowest BCUT2D eigenvalue weighted by atomic mass is 10.3. The minimum Gasteiger partial charge on any atom is -0.497 e. The van der Waals surface area contributed by atoms with Crippen LogP contribution < -0.4 is 20.1 Å². The smallest absolute Gasteiger partial charge is 0.316 e. The van der Waals surface area contributed by atoms with E-state index in [1.54, 1.807) is 7.11 Å². The number of benzene rings is 1. The predicted molar refractivity (Wildman–Crippen MR) is 74.0 cm³/mol. The van der Waals surface area contributed by atoms with Crippen LogP contribution in [0.3, 0.4) is 0 Å². The van der Waals surface area contributed by atoms with Crippen molar-refractivity contribution in [2.45, 2.75) is 19.1 Å². The Kier molecular flexibility index (Phi) is 5.49. The second kappa shape index (κ2) is 7.59. The Morgan fingerprint density at radius 1 is 1.35 bits per heavy atom. The molecule has 20 heavy (non-hydrogen) atoms. The fourth-order valence-corrected chi connectivity index (χ4v) is 1.89. The molecule has 0 spiro atoms. The predicted octanol–water partition coefficient (Wildman–Crippen LogP) is 1.51. The number of rotatable bonds is 6. The summed E-state index contributed by atoms with van der Waals surface area (Å²) in [6.45, 7) is 1.56. The van der Waals surface area contributed by atoms with Crippen LogP contribution >= 0.6 is 0 Å². The van der Waals surface area contributed by atoms with Gasteiger partial charge in [0, 0.05) is 6.61 Å². The standard InChI is InChI=1S/C14H20N2O4/c1-18-11-4-6-12(7-5-11)19-10-8-15-14(17)16-13-3-2-9-20-13/h4-7,13H,2-3,8-10H2,1H3,(H2,15,16,17). The zero-order valence-electron chi connectivity index (χ0n) is 11.6. The summed E-state index contributed by atoms with van der Waals surface area (Å²) < 4.78 is 15.9. The molecule has 1 aliphatic heterocycles. The van der Waals surface area contributed by atoms with Crippen LogP contribution in [-0.4, -0.2) is 39.1 Å². The molecule has 1 fully saturated rings. The third-order valence-corrected chi connectivity index (χ3v) is 2.94. The van der Waals surface area contributed by atoms with Crippen LogP contribution in [0.25, 0.3) is 0 Å². The molecule has 1 unspecified atom stereocenters. The van der Waals surface area contributed by atoms with Gasteiger partial charge in [-0.05, 0) is 37.1 Å². The van der Waals surface area contributed by atoms with Crippen molar-refractivity contribution in [2.75, 3.05) is 26.9 Å². The zero-order chi connectivity index (χ0) is 14.2. The van der Waals surface area contributed by atoms with Gasteiger partial charge in [0.25, 0.3) is 0 Å². The molecule has 0 aliphatic carbocycles. The fourth-order valence-electron chi connectivity index (χ4n) is 1.89. The van der Waals surface area contributed by atoms with E-state index in [0.29, 0.717) is 19.8 Å². The average Bonchev–Trinajstić information content (AvgIpc) is 2.97. The molecule has 1 saturated heterocycles. The second-order valence-electron chi connectivity index (χ2n) is 4.43. The van der Waals surface area contributed by atoms with Gasteiger partial charge in [-0.3, -0.25) is 0 Å². The first kappa shape index (κ1) is 14.5. The third kappa shape index (κ3) is 4.62. The molecule has 2 rings (SSSR count). The number of nitrogens with one attached hydrogen (secondary N) is 2. The van der Waals surface area contributed by atoms with Crippen LogP contribution in [0.4, 0.5) is 4.79 Å². The number of hydrogen-bond donors (Lipinski definition) is 2. The van der Waals surface area contributed by atoms with Crippen LogP contribution in [-0.2, 0) is 4.74 Å². The Balaban J connectivity index is 1.59. The van der Waals surface area contributed by atoms with Crippen molar-refractivity contribution < 1.29 is 19.0 Å². The highest BCUT2D eigenvalue weighted by molar-refractivity contribution is 5.73. The summed E-state index contributed by atoms with van der Waals surface area (Å²) >= 11 is 0. The molecule has 6 nitrogen and oxygen atoms in total. The highest BCUT2D eigenvalue weighted by Crippen LogP contribution is 2.16. The minimum absolute atomic E-state index is 0.155. The van der Waals surface area contributed by atoms with E-state index in [2.05, 4.69) is 10.6 Å². The van der Waals surface area contributed by atoms with Crippen molar-refractivity contribution in [1.29, 1.82) is 0 Å². The van der Waals surface area contributed by atoms with E-state index < -0.39 is 0 Å². The lowest BCUT2D eigenvalue weighted by Gasteiger charge is -2.13. The highest BCUT2D eigenvalue weighted by atomic mass is 16.5. The summed E-state index contributed by atoms with van der Waals surface area (Å²) in [4.78, 5) is 11.5. The Morgan fingerprint density at radius 2 is 2.10 bits per heavy atom. The molecule has 2 N–H and O–H groups in total. The first-order valence-corrected chi connectivity index (χ1v) is 6.71. The molecule has 6 heteroatoms. The van der Waals surface area contributed by atoms with E-state index in [1.165, 1.54) is 0 Å². The van der Waals surface area contributed by atoms with Crippen molar-refractivity contribution in [3.05, 3.63) is 24.3 Å². The summed E-state index contributed by atoms with van der Waals surface area (Å²) in [5.74, 6) is 1.53. The molecule has 1 aliphatic rings. The summed E-state index contributed by atoms with van der Waals surface area (Å²) in [5.41, 5.74) is 0. The first-order valence-electron chi connectivity index (χ1n) is 6.71. The molecule has 1 atom stereocenters. The maximum absolute atomic E-state index is 11.5. The Labute approximate surface area is 118 Å². The second-order valence-corrected chi connectivity index (χ2v) is 4.43. The molecule has 1 aromatic rings. The van der Waals surface area contributed by atoms with Crippen molar-refractivity contribution in [2.24, 2.45) is 0 Å². The minimum atomic E-state index is -0.227. The molecule has 0 radical (unpaired) electrons. The monoisotopic (exact) mass is 280 g/mol. The SMILES string of the molecule is COc1ccc(OCCNC(=O)NC2CCCO2)cc1. The number of amides is 2. The number of carbonyl (C=O) groups is 1. The summed E-state index contributed by atoms with van der Waals surface area (Å²) in [7, 11) is 1.62. The van der Waals surface area contributed by atoms with E-state index in [-0.39, 0.29) is 12.3 Å². The third-order valence-electron chi connectivity index (χ3n) is 2.94. The lowest BCUT2D eigenvalue weighted by molar-refractivity contribution is 0.0905. The number of hydrogen-bond acceptors (Lipinski definition) is 4. The number of methoxy groups -OCH3 is 1. The summed E-state index contributed by atoms with van der Waals surface area (Å²) in [6, 6.07) is 7.08. The molecule has 0 aromatic heterocycles. The van der Waals surface area contributed by atoms with E-state index in [9.17, 15) is 4.79 Å². The first-order chi connectivity index (χ1) is 9.78. The van der Waals surface area contributed by atoms with Crippen molar-refractivity contribution in [3.8, 4) is 11.5 Å². The van der Waals surface area contributed by atoms with E-state index >= 15 is 0 Å². The van der Waals surface area contributed by atoms with Crippen LogP contribution in [0.1, 0.15) is 12.8 Å². The number of carbonyl (C=O) groups excluding carboxylic acids is 1. The maximum Gasteiger partial charge on any atom is 0.316 e. The molecule has 0 saturated carbocycles. The van der Waals surface area contributed by atoms with Crippen LogP contribution in [0.5, 0.6) is 11.5 Å². The maximum atomic E-state index is 11.5. The molecular weight excluding hydrogens is 260 g/mol. The number of urea groups is 1. The van der Waals surface area contributed by atoms with Gasteiger partial charge < -0.3 is 24.8 Å². The van der Waals surface area contributed by atoms with Gasteiger partial charge in [0.05, 0.1) is 13.7 Å². The van der Waals surface area contributed by atoms with Gasteiger partial charge in [0.1, 0.15) is 24.3 Å². The highest BCUT2D eigenvalue weighted by Gasteiger charge is 2.16. The van der Waals surface area contributed by atoms with Crippen molar-refractivity contribution in [1.82, 2.24) is 10.6 Å².